The highest BCUT2D eigenvalue weighted by Crippen LogP contribution is 2.29. The van der Waals surface area contributed by atoms with Crippen molar-refractivity contribution in [3.05, 3.63) is 102 Å². The van der Waals surface area contributed by atoms with Crippen molar-refractivity contribution in [2.45, 2.75) is 0 Å². The van der Waals surface area contributed by atoms with E-state index in [1.54, 1.807) is 54.7 Å². The first-order chi connectivity index (χ1) is 19.8. The molecule has 3 heterocycles. The summed E-state index contributed by atoms with van der Waals surface area (Å²) in [5.74, 6) is -0.177. The van der Waals surface area contributed by atoms with Crippen molar-refractivity contribution in [1.29, 1.82) is 0 Å². The highest BCUT2D eigenvalue weighted by atomic mass is 35.5. The molecule has 0 aliphatic rings. The van der Waals surface area contributed by atoms with E-state index in [0.29, 0.717) is 45.8 Å². The first kappa shape index (κ1) is 27.5. The van der Waals surface area contributed by atoms with Gasteiger partial charge in [-0.1, -0.05) is 23.7 Å². The summed E-state index contributed by atoms with van der Waals surface area (Å²) in [6.07, 6.45) is 8.32. The number of halogens is 1. The molecule has 0 atom stereocenters. The van der Waals surface area contributed by atoms with Crippen molar-refractivity contribution in [2.24, 2.45) is 0 Å². The molecule has 5 rings (SSSR count). The van der Waals surface area contributed by atoms with Crippen LogP contribution in [0.2, 0.25) is 5.02 Å². The molecule has 4 N–H and O–H groups in total. The van der Waals surface area contributed by atoms with Gasteiger partial charge in [0.2, 0.25) is 11.9 Å². The minimum Gasteiger partial charge on any atom is -0.346 e. The molecule has 206 valence electrons. The van der Waals surface area contributed by atoms with Crippen LogP contribution in [-0.2, 0) is 4.79 Å². The van der Waals surface area contributed by atoms with Crippen molar-refractivity contribution in [3.8, 4) is 11.3 Å². The fourth-order valence-electron chi connectivity index (χ4n) is 3.97. The number of hydrogen-bond acceptors (Lipinski definition) is 7. The molecule has 11 heteroatoms. The molecule has 0 aliphatic carbocycles. The third kappa shape index (κ3) is 7.13. The Morgan fingerprint density at radius 3 is 2.56 bits per heavy atom. The van der Waals surface area contributed by atoms with Gasteiger partial charge in [-0.15, -0.1) is 0 Å². The van der Waals surface area contributed by atoms with Crippen LogP contribution in [0, 0.1) is 0 Å². The number of benzene rings is 2. The average Bonchev–Trinajstić information content (AvgIpc) is 3.42. The zero-order chi connectivity index (χ0) is 28.8. The molecule has 3 aromatic heterocycles. The summed E-state index contributed by atoms with van der Waals surface area (Å²) < 4.78 is 0. The summed E-state index contributed by atoms with van der Waals surface area (Å²) in [4.78, 5) is 43.2. The van der Waals surface area contributed by atoms with Crippen LogP contribution >= 0.6 is 11.6 Å². The molecule has 2 amide bonds. The second-order valence-electron chi connectivity index (χ2n) is 9.42. The Kier molecular flexibility index (Phi) is 8.33. The van der Waals surface area contributed by atoms with E-state index in [-0.39, 0.29) is 11.8 Å². The van der Waals surface area contributed by atoms with Crippen LogP contribution in [0.4, 0.5) is 23.0 Å². The van der Waals surface area contributed by atoms with E-state index in [2.05, 4.69) is 35.9 Å². The summed E-state index contributed by atoms with van der Waals surface area (Å²) in [6.45, 7) is 0.667. The van der Waals surface area contributed by atoms with Crippen LogP contribution in [0.3, 0.4) is 0 Å². The Labute approximate surface area is 241 Å². The van der Waals surface area contributed by atoms with Gasteiger partial charge < -0.3 is 25.8 Å². The number of fused-ring (bicyclic) bond motifs is 1. The molecule has 10 nitrogen and oxygen atoms in total. The minimum atomic E-state index is -0.288. The van der Waals surface area contributed by atoms with Gasteiger partial charge in [0.25, 0.3) is 5.91 Å². The van der Waals surface area contributed by atoms with Crippen molar-refractivity contribution >= 4 is 57.5 Å². The topological polar surface area (TPSA) is 128 Å². The normalized spacial score (nSPS) is 11.2. The summed E-state index contributed by atoms with van der Waals surface area (Å²) in [5.41, 5.74) is 4.40. The Morgan fingerprint density at radius 1 is 0.951 bits per heavy atom. The summed E-state index contributed by atoms with van der Waals surface area (Å²) in [6, 6.07) is 17.8. The molecule has 41 heavy (non-hydrogen) atoms. The van der Waals surface area contributed by atoms with E-state index in [1.807, 2.05) is 43.4 Å². The number of hydrogen-bond donors (Lipinski definition) is 4. The quantitative estimate of drug-likeness (QED) is 0.168. The smallest absolute Gasteiger partial charge is 0.255 e. The maximum Gasteiger partial charge on any atom is 0.255 e. The van der Waals surface area contributed by atoms with Crippen molar-refractivity contribution in [3.63, 3.8) is 0 Å². The molecule has 0 spiro atoms. The average molecular weight is 567 g/mol. The lowest BCUT2D eigenvalue weighted by molar-refractivity contribution is -0.111. The standard InChI is InChI=1S/C30H27ClN8O2/c1-39(2)14-4-7-26(40)35-22-10-8-19(9-11-22)29(41)36-23-5-3-6-24(16-23)37-30-34-18-25(31)27(38-30)21-15-20-12-13-32-28(20)33-17-21/h3-13,15-18H,14H2,1-2H3,(H,32,33)(H,35,40)(H,36,41)(H,34,37,38)/b7-4+. The number of rotatable bonds is 9. The third-order valence-electron chi connectivity index (χ3n) is 5.95. The number of pyridine rings is 1. The molecule has 0 bridgehead atoms. The number of anilines is 4. The zero-order valence-corrected chi connectivity index (χ0v) is 23.1. The minimum absolute atomic E-state index is 0.233. The number of nitrogens with one attached hydrogen (secondary N) is 4. The van der Waals surface area contributed by atoms with Gasteiger partial charge in [-0.2, -0.15) is 0 Å². The summed E-state index contributed by atoms with van der Waals surface area (Å²) in [5, 5.41) is 10.2. The molecule has 0 aliphatic heterocycles. The second kappa shape index (κ2) is 12.4. The molecular weight excluding hydrogens is 540 g/mol. The number of carbonyl (C=O) groups excluding carboxylic acids is 2. The number of carbonyl (C=O) groups is 2. The van der Waals surface area contributed by atoms with Crippen LogP contribution in [0.15, 0.2) is 91.4 Å². The number of aromatic nitrogens is 4. The Bertz CT molecular complexity index is 1730. The second-order valence-corrected chi connectivity index (χ2v) is 9.83. The van der Waals surface area contributed by atoms with E-state index >= 15 is 0 Å². The molecule has 5 aromatic rings. The zero-order valence-electron chi connectivity index (χ0n) is 22.4. The van der Waals surface area contributed by atoms with Crippen LogP contribution in [0.5, 0.6) is 0 Å². The highest BCUT2D eigenvalue weighted by molar-refractivity contribution is 6.33. The number of amides is 2. The third-order valence-corrected chi connectivity index (χ3v) is 6.23. The van der Waals surface area contributed by atoms with Crippen LogP contribution in [0.25, 0.3) is 22.3 Å². The lowest BCUT2D eigenvalue weighted by atomic mass is 10.1. The van der Waals surface area contributed by atoms with Crippen molar-refractivity contribution in [1.82, 2.24) is 24.8 Å². The first-order valence-electron chi connectivity index (χ1n) is 12.7. The number of nitrogens with zero attached hydrogens (tertiary/aromatic N) is 4. The van der Waals surface area contributed by atoms with Gasteiger partial charge in [-0.25, -0.2) is 15.0 Å². The maximum atomic E-state index is 12.9. The summed E-state index contributed by atoms with van der Waals surface area (Å²) >= 11 is 6.40. The van der Waals surface area contributed by atoms with E-state index in [9.17, 15) is 9.59 Å². The van der Waals surface area contributed by atoms with Gasteiger partial charge in [-0.05, 0) is 68.7 Å². The SMILES string of the molecule is CN(C)C/C=C/C(=O)Nc1ccc(C(=O)Nc2cccc(Nc3ncc(Cl)c(-c4cnc5[nH]ccc5c4)n3)c2)cc1. The van der Waals surface area contributed by atoms with Gasteiger partial charge in [-0.3, -0.25) is 9.59 Å². The van der Waals surface area contributed by atoms with Crippen LogP contribution in [-0.4, -0.2) is 57.3 Å². The molecule has 0 radical (unpaired) electrons. The lowest BCUT2D eigenvalue weighted by Gasteiger charge is -2.11. The van der Waals surface area contributed by atoms with Gasteiger partial charge in [0.15, 0.2) is 0 Å². The number of aromatic amines is 1. The molecule has 0 saturated heterocycles. The predicted octanol–water partition coefficient (Wildman–Crippen LogP) is 5.73. The van der Waals surface area contributed by atoms with E-state index in [0.717, 1.165) is 16.6 Å². The van der Waals surface area contributed by atoms with Gasteiger partial charge in [0, 0.05) is 58.6 Å². The Hall–Kier alpha value is -5.06. The van der Waals surface area contributed by atoms with Crippen LogP contribution in [0.1, 0.15) is 10.4 Å². The molecular formula is C30H27ClN8O2. The molecule has 2 aromatic carbocycles. The van der Waals surface area contributed by atoms with Gasteiger partial charge in [0.05, 0.1) is 16.9 Å². The number of H-pyrrole nitrogens is 1. The van der Waals surface area contributed by atoms with Gasteiger partial charge in [0.1, 0.15) is 5.65 Å². The maximum absolute atomic E-state index is 12.9. The predicted molar refractivity (Wildman–Crippen MR) is 163 cm³/mol. The highest BCUT2D eigenvalue weighted by Gasteiger charge is 2.12. The fourth-order valence-corrected chi connectivity index (χ4v) is 4.17. The Morgan fingerprint density at radius 2 is 1.76 bits per heavy atom. The van der Waals surface area contributed by atoms with Crippen molar-refractivity contribution in [2.75, 3.05) is 36.6 Å². The monoisotopic (exact) mass is 566 g/mol. The van der Waals surface area contributed by atoms with E-state index < -0.39 is 0 Å². The summed E-state index contributed by atoms with van der Waals surface area (Å²) in [7, 11) is 3.85. The molecule has 0 saturated carbocycles. The van der Waals surface area contributed by atoms with Crippen molar-refractivity contribution < 1.29 is 9.59 Å². The fraction of sp³-hybridized carbons (Fsp3) is 0.100. The first-order valence-corrected chi connectivity index (χ1v) is 13.1. The largest absolute Gasteiger partial charge is 0.346 e. The number of likely N-dealkylation sites (N-methyl/N-ethyl adjacent to an activating group) is 1. The van der Waals surface area contributed by atoms with E-state index in [1.165, 1.54) is 12.3 Å². The molecule has 0 unspecified atom stereocenters. The lowest BCUT2D eigenvalue weighted by Crippen LogP contribution is -2.13. The van der Waals surface area contributed by atoms with Crippen LogP contribution < -0.4 is 16.0 Å². The van der Waals surface area contributed by atoms with E-state index in [4.69, 9.17) is 11.6 Å². The molecule has 0 fully saturated rings. The Balaban J connectivity index is 1.23. The van der Waals surface area contributed by atoms with Gasteiger partial charge >= 0.3 is 0 Å².